The van der Waals surface area contributed by atoms with E-state index < -0.39 is 5.60 Å². The van der Waals surface area contributed by atoms with Crippen LogP contribution < -0.4 is 9.64 Å². The van der Waals surface area contributed by atoms with Gasteiger partial charge in [0.15, 0.2) is 0 Å². The van der Waals surface area contributed by atoms with Gasteiger partial charge in [-0.3, -0.25) is 0 Å². The molecule has 2 aliphatic heterocycles. The van der Waals surface area contributed by atoms with Crippen molar-refractivity contribution in [2.45, 2.75) is 52.6 Å². The van der Waals surface area contributed by atoms with E-state index in [1.165, 1.54) is 27.9 Å². The Morgan fingerprint density at radius 1 is 1.09 bits per heavy atom. The minimum Gasteiger partial charge on any atom is -0.490 e. The maximum absolute atomic E-state index is 12.8. The van der Waals surface area contributed by atoms with Crippen molar-refractivity contribution >= 4 is 23.9 Å². The summed E-state index contributed by atoms with van der Waals surface area (Å²) in [4.78, 5) is 17.1. The fourth-order valence-corrected chi connectivity index (χ4v) is 4.63. The number of carbonyl (C=O) groups excluding carboxylic acids is 1. The van der Waals surface area contributed by atoms with Crippen molar-refractivity contribution in [1.29, 1.82) is 0 Å². The van der Waals surface area contributed by atoms with Gasteiger partial charge in [0.05, 0.1) is 12.2 Å². The normalized spacial score (nSPS) is 16.1. The van der Waals surface area contributed by atoms with Crippen LogP contribution >= 0.6 is 0 Å². The number of rotatable bonds is 4. The molecule has 1 amide bonds. The van der Waals surface area contributed by atoms with E-state index in [0.717, 1.165) is 38.1 Å². The third-order valence-electron chi connectivity index (χ3n) is 6.11. The maximum atomic E-state index is 12.8. The van der Waals surface area contributed by atoms with Crippen molar-refractivity contribution < 1.29 is 14.3 Å². The van der Waals surface area contributed by atoms with E-state index in [0.29, 0.717) is 19.7 Å². The molecule has 0 bridgehead atoms. The van der Waals surface area contributed by atoms with Gasteiger partial charge in [0.1, 0.15) is 18.0 Å². The molecular formula is C28H36N2O3. The highest BCUT2D eigenvalue weighted by atomic mass is 16.6. The zero-order chi connectivity index (χ0) is 23.4. The summed E-state index contributed by atoms with van der Waals surface area (Å²) in [6.07, 6.45) is 6.88. The fraction of sp³-hybridized carbons (Fsp3) is 0.464. The van der Waals surface area contributed by atoms with E-state index in [-0.39, 0.29) is 6.09 Å². The molecule has 0 N–H and O–H groups in total. The molecule has 176 valence electrons. The molecule has 5 nitrogen and oxygen atoms in total. The maximum Gasteiger partial charge on any atom is 0.410 e. The Kier molecular flexibility index (Phi) is 6.96. The Bertz CT molecular complexity index is 1010. The van der Waals surface area contributed by atoms with Crippen molar-refractivity contribution in [3.8, 4) is 5.75 Å². The summed E-state index contributed by atoms with van der Waals surface area (Å²) in [7, 11) is 0. The average Bonchev–Trinajstić information content (AvgIpc) is 2.99. The highest BCUT2D eigenvalue weighted by Crippen LogP contribution is 2.41. The molecule has 4 rings (SSSR count). The van der Waals surface area contributed by atoms with E-state index in [1.807, 2.05) is 31.7 Å². The third-order valence-corrected chi connectivity index (χ3v) is 6.11. The lowest BCUT2D eigenvalue weighted by atomic mass is 9.93. The van der Waals surface area contributed by atoms with Gasteiger partial charge in [0.2, 0.25) is 0 Å². The summed E-state index contributed by atoms with van der Waals surface area (Å²) in [5.74, 6) is 0.965. The third kappa shape index (κ3) is 5.52. The van der Waals surface area contributed by atoms with Crippen molar-refractivity contribution in [2.24, 2.45) is 0 Å². The molecule has 0 saturated heterocycles. The second-order valence-electron chi connectivity index (χ2n) is 9.82. The number of hydrogen-bond acceptors (Lipinski definition) is 4. The van der Waals surface area contributed by atoms with Crippen LogP contribution in [0.3, 0.4) is 0 Å². The number of carbonyl (C=O) groups is 1. The summed E-state index contributed by atoms with van der Waals surface area (Å²) in [5, 5.41) is 0. The van der Waals surface area contributed by atoms with Gasteiger partial charge in [-0.15, -0.1) is 0 Å². The number of benzene rings is 2. The molecule has 33 heavy (non-hydrogen) atoms. The van der Waals surface area contributed by atoms with Crippen molar-refractivity contribution in [3.05, 3.63) is 58.7 Å². The van der Waals surface area contributed by atoms with Crippen LogP contribution in [0.4, 0.5) is 10.5 Å². The first-order valence-corrected chi connectivity index (χ1v) is 12.1. The molecule has 0 fully saturated rings. The second kappa shape index (κ2) is 9.90. The minimum atomic E-state index is -0.493. The van der Waals surface area contributed by atoms with Gasteiger partial charge >= 0.3 is 6.09 Å². The quantitative estimate of drug-likeness (QED) is 0.554. The van der Waals surface area contributed by atoms with Crippen molar-refractivity contribution in [3.63, 3.8) is 0 Å². The van der Waals surface area contributed by atoms with Crippen LogP contribution in [0.25, 0.3) is 12.2 Å². The highest BCUT2D eigenvalue weighted by molar-refractivity contribution is 5.84. The number of amides is 1. The summed E-state index contributed by atoms with van der Waals surface area (Å²) < 4.78 is 11.8. The lowest BCUT2D eigenvalue weighted by molar-refractivity contribution is 0.0258. The minimum absolute atomic E-state index is 0.231. The Labute approximate surface area is 198 Å². The van der Waals surface area contributed by atoms with E-state index >= 15 is 0 Å². The average molecular weight is 449 g/mol. The molecular weight excluding hydrogens is 412 g/mol. The summed E-state index contributed by atoms with van der Waals surface area (Å²) in [6, 6.07) is 12.6. The lowest BCUT2D eigenvalue weighted by Crippen LogP contribution is -2.38. The zero-order valence-corrected chi connectivity index (χ0v) is 20.4. The Hall–Kier alpha value is -2.95. The first-order chi connectivity index (χ1) is 15.9. The van der Waals surface area contributed by atoms with Crippen LogP contribution in [-0.4, -0.2) is 49.4 Å². The molecule has 0 aliphatic carbocycles. The highest BCUT2D eigenvalue weighted by Gasteiger charge is 2.29. The van der Waals surface area contributed by atoms with Gasteiger partial charge < -0.3 is 19.3 Å². The number of nitrogens with zero attached hydrogens (tertiary/aromatic N) is 2. The fourth-order valence-electron chi connectivity index (χ4n) is 4.63. The van der Waals surface area contributed by atoms with E-state index in [1.54, 1.807) is 0 Å². The molecule has 0 unspecified atom stereocenters. The Morgan fingerprint density at radius 2 is 1.85 bits per heavy atom. The van der Waals surface area contributed by atoms with Gasteiger partial charge in [0.25, 0.3) is 0 Å². The van der Waals surface area contributed by atoms with E-state index in [2.05, 4.69) is 54.3 Å². The molecule has 2 heterocycles. The molecule has 0 atom stereocenters. The predicted octanol–water partition coefficient (Wildman–Crippen LogP) is 5.80. The summed E-state index contributed by atoms with van der Waals surface area (Å²) in [6.45, 7) is 11.9. The topological polar surface area (TPSA) is 42.0 Å². The summed E-state index contributed by atoms with van der Waals surface area (Å²) in [5.41, 5.74) is 5.69. The second-order valence-corrected chi connectivity index (χ2v) is 9.82. The monoisotopic (exact) mass is 448 g/mol. The van der Waals surface area contributed by atoms with Gasteiger partial charge in [0, 0.05) is 25.2 Å². The number of anilines is 1. The molecule has 5 heteroatoms. The Morgan fingerprint density at radius 3 is 2.58 bits per heavy atom. The van der Waals surface area contributed by atoms with Crippen LogP contribution in [0.15, 0.2) is 36.4 Å². The van der Waals surface area contributed by atoms with Gasteiger partial charge in [-0.1, -0.05) is 49.4 Å². The Balaban J connectivity index is 1.72. The molecule has 2 aromatic carbocycles. The largest absolute Gasteiger partial charge is 0.490 e. The van der Waals surface area contributed by atoms with Gasteiger partial charge in [-0.2, -0.15) is 0 Å². The number of fused-ring (bicyclic) bond motifs is 2. The summed E-state index contributed by atoms with van der Waals surface area (Å²) >= 11 is 0. The van der Waals surface area contributed by atoms with Crippen LogP contribution in [0, 0.1) is 0 Å². The van der Waals surface area contributed by atoms with Crippen molar-refractivity contribution in [1.82, 2.24) is 4.90 Å². The zero-order valence-electron chi connectivity index (χ0n) is 20.4. The van der Waals surface area contributed by atoms with E-state index in [4.69, 9.17) is 9.47 Å². The molecule has 2 aromatic rings. The van der Waals surface area contributed by atoms with Crippen LogP contribution in [0.2, 0.25) is 0 Å². The van der Waals surface area contributed by atoms with Crippen molar-refractivity contribution in [2.75, 3.05) is 37.7 Å². The van der Waals surface area contributed by atoms with Crippen LogP contribution in [0.1, 0.15) is 56.4 Å². The number of hydrogen-bond donors (Lipinski definition) is 0. The molecule has 0 radical (unpaired) electrons. The molecule has 2 aliphatic rings. The lowest BCUT2D eigenvalue weighted by Gasteiger charge is -2.34. The molecule has 0 aromatic heterocycles. The SMILES string of the molecule is CCCN1CCOc2cc3c(c(/C=C/c4ccccc4)c21)CCN(C(=O)OC(C)(C)C)CC3. The first-order valence-electron chi connectivity index (χ1n) is 12.1. The van der Waals surface area contributed by atoms with Gasteiger partial charge in [-0.05, 0) is 62.8 Å². The standard InChI is InChI=1S/C28H36N2O3/c1-5-15-29-18-19-32-25-20-22-13-16-30(27(31)33-28(2,3)4)17-14-23(22)24(26(25)29)12-11-21-9-7-6-8-10-21/h6-12,20H,5,13-19H2,1-4H3/b12-11+. The predicted molar refractivity (Wildman–Crippen MR) is 135 cm³/mol. The van der Waals surface area contributed by atoms with E-state index in [9.17, 15) is 4.79 Å². The smallest absolute Gasteiger partial charge is 0.410 e. The van der Waals surface area contributed by atoms with Gasteiger partial charge in [-0.25, -0.2) is 4.79 Å². The first kappa shape index (κ1) is 23.2. The van der Waals surface area contributed by atoms with Crippen LogP contribution in [0.5, 0.6) is 5.75 Å². The van der Waals surface area contributed by atoms with Crippen LogP contribution in [-0.2, 0) is 17.6 Å². The number of ether oxygens (including phenoxy) is 2. The molecule has 0 saturated carbocycles. The molecule has 0 spiro atoms.